The van der Waals surface area contributed by atoms with Crippen LogP contribution in [-0.2, 0) is 0 Å². The van der Waals surface area contributed by atoms with Crippen molar-refractivity contribution < 1.29 is 4.42 Å². The lowest BCUT2D eigenvalue weighted by molar-refractivity contribution is 0.605. The second kappa shape index (κ2) is 7.75. The van der Waals surface area contributed by atoms with Crippen LogP contribution in [0.5, 0.6) is 0 Å². The lowest BCUT2D eigenvalue weighted by atomic mass is 9.99. The molecule has 4 aromatic rings. The van der Waals surface area contributed by atoms with Gasteiger partial charge in [0.05, 0.1) is 22.8 Å². The number of anilines is 1. The fourth-order valence-electron chi connectivity index (χ4n) is 3.81. The summed E-state index contributed by atoms with van der Waals surface area (Å²) in [5, 5.41) is 4.13. The van der Waals surface area contributed by atoms with Gasteiger partial charge in [0.25, 0.3) is 0 Å². The molecule has 3 aromatic heterocycles. The van der Waals surface area contributed by atoms with Gasteiger partial charge in [-0.1, -0.05) is 6.07 Å². The van der Waals surface area contributed by atoms with Crippen LogP contribution in [0.2, 0.25) is 0 Å². The Kier molecular flexibility index (Phi) is 5.12. The largest absolute Gasteiger partial charge is 0.455 e. The van der Waals surface area contributed by atoms with Gasteiger partial charge in [-0.15, -0.1) is 0 Å². The Morgan fingerprint density at radius 2 is 1.87 bits per heavy atom. The molecule has 0 unspecified atom stereocenters. The van der Waals surface area contributed by atoms with Crippen molar-refractivity contribution in [2.45, 2.75) is 40.7 Å². The summed E-state index contributed by atoms with van der Waals surface area (Å²) in [5.41, 5.74) is 6.81. The molecule has 0 saturated carbocycles. The van der Waals surface area contributed by atoms with Crippen LogP contribution in [0, 0.1) is 27.7 Å². The Morgan fingerprint density at radius 1 is 1.07 bits per heavy atom. The van der Waals surface area contributed by atoms with Crippen molar-refractivity contribution in [3.05, 3.63) is 87.1 Å². The second-order valence-corrected chi connectivity index (χ2v) is 7.81. The van der Waals surface area contributed by atoms with E-state index in [1.165, 1.54) is 0 Å². The van der Waals surface area contributed by atoms with E-state index in [-0.39, 0.29) is 11.5 Å². The molecule has 30 heavy (non-hydrogen) atoms. The van der Waals surface area contributed by atoms with Gasteiger partial charge < -0.3 is 9.73 Å². The number of hydrogen-bond acceptors (Lipinski definition) is 5. The third-order valence-electron chi connectivity index (χ3n) is 5.38. The van der Waals surface area contributed by atoms with Crippen molar-refractivity contribution in [2.75, 3.05) is 5.32 Å². The topological polar surface area (TPSA) is 68.0 Å². The van der Waals surface area contributed by atoms with Crippen LogP contribution in [0.3, 0.4) is 0 Å². The summed E-state index contributed by atoms with van der Waals surface area (Å²) in [5.74, 6) is 0.561. The third kappa shape index (κ3) is 3.59. The van der Waals surface area contributed by atoms with Gasteiger partial charge >= 0.3 is 0 Å². The molecule has 0 radical (unpaired) electrons. The van der Waals surface area contributed by atoms with E-state index in [1.807, 2.05) is 51.1 Å². The first kappa shape index (κ1) is 19.8. The maximum absolute atomic E-state index is 13.2. The molecule has 0 amide bonds. The van der Waals surface area contributed by atoms with E-state index in [9.17, 15) is 4.79 Å². The minimum Gasteiger partial charge on any atom is -0.455 e. The van der Waals surface area contributed by atoms with Crippen molar-refractivity contribution >= 4 is 16.7 Å². The number of rotatable bonds is 4. The second-order valence-electron chi connectivity index (χ2n) is 7.81. The monoisotopic (exact) mass is 399 g/mol. The van der Waals surface area contributed by atoms with Gasteiger partial charge in [-0.3, -0.25) is 14.8 Å². The molecule has 4 rings (SSSR count). The molecule has 3 heterocycles. The number of pyridine rings is 2. The van der Waals surface area contributed by atoms with Gasteiger partial charge in [0, 0.05) is 34.8 Å². The van der Waals surface area contributed by atoms with Crippen LogP contribution in [0.25, 0.3) is 22.3 Å². The summed E-state index contributed by atoms with van der Waals surface area (Å²) in [6.45, 7) is 9.83. The zero-order valence-electron chi connectivity index (χ0n) is 17.9. The highest BCUT2D eigenvalue weighted by Crippen LogP contribution is 2.32. The van der Waals surface area contributed by atoms with Crippen molar-refractivity contribution in [1.29, 1.82) is 0 Å². The van der Waals surface area contributed by atoms with Gasteiger partial charge in [0.1, 0.15) is 11.3 Å². The predicted octanol–water partition coefficient (Wildman–Crippen LogP) is 5.66. The number of benzene rings is 1. The number of hydrogen-bond donors (Lipinski definition) is 1. The van der Waals surface area contributed by atoms with Crippen LogP contribution >= 0.6 is 0 Å². The quantitative estimate of drug-likeness (QED) is 0.480. The van der Waals surface area contributed by atoms with Crippen LogP contribution in [-0.4, -0.2) is 9.97 Å². The van der Waals surface area contributed by atoms with Crippen molar-refractivity contribution in [1.82, 2.24) is 9.97 Å². The van der Waals surface area contributed by atoms with E-state index >= 15 is 0 Å². The third-order valence-corrected chi connectivity index (χ3v) is 5.38. The molecular weight excluding hydrogens is 374 g/mol. The van der Waals surface area contributed by atoms with Crippen molar-refractivity contribution in [3.8, 4) is 11.3 Å². The van der Waals surface area contributed by atoms with E-state index in [2.05, 4.69) is 28.3 Å². The van der Waals surface area contributed by atoms with Gasteiger partial charge in [-0.2, -0.15) is 0 Å². The highest BCUT2D eigenvalue weighted by Gasteiger charge is 2.19. The summed E-state index contributed by atoms with van der Waals surface area (Å²) in [7, 11) is 0. The van der Waals surface area contributed by atoms with Crippen molar-refractivity contribution in [3.63, 3.8) is 0 Å². The van der Waals surface area contributed by atoms with E-state index in [4.69, 9.17) is 4.42 Å². The number of nitrogens with zero attached hydrogens (tertiary/aromatic N) is 2. The zero-order chi connectivity index (χ0) is 21.4. The van der Waals surface area contributed by atoms with E-state index in [0.717, 1.165) is 33.8 Å². The van der Waals surface area contributed by atoms with E-state index in [0.29, 0.717) is 22.3 Å². The molecule has 0 aliphatic carbocycles. The summed E-state index contributed by atoms with van der Waals surface area (Å²) in [4.78, 5) is 21.9. The van der Waals surface area contributed by atoms with Gasteiger partial charge in [-0.05, 0) is 70.5 Å². The van der Waals surface area contributed by atoms with Crippen LogP contribution in [0.15, 0.2) is 58.0 Å². The van der Waals surface area contributed by atoms with E-state index < -0.39 is 0 Å². The molecule has 152 valence electrons. The summed E-state index contributed by atoms with van der Waals surface area (Å²) in [6.07, 6.45) is 3.42. The molecule has 0 fully saturated rings. The SMILES string of the molecule is Cc1cc([C@@H](C)Nc2ccc(C)nc2C)c2oc(-c3cccnc3)c(C)c(=O)c2c1. The lowest BCUT2D eigenvalue weighted by Gasteiger charge is -2.20. The Balaban J connectivity index is 1.89. The van der Waals surface area contributed by atoms with Crippen molar-refractivity contribution in [2.24, 2.45) is 0 Å². The Morgan fingerprint density at radius 3 is 2.57 bits per heavy atom. The molecule has 1 atom stereocenters. The number of aryl methyl sites for hydroxylation is 3. The standard InChI is InChI=1S/C25H25N3O2/c1-14-11-20(17(4)28-22-9-8-15(2)27-18(22)5)25-21(12-14)23(29)16(3)24(30-25)19-7-6-10-26-13-19/h6-13,17,28H,1-5H3/t17-/m1/s1. The average Bonchev–Trinajstić information content (AvgIpc) is 2.73. The molecule has 5 heteroatoms. The molecule has 1 N–H and O–H groups in total. The molecule has 0 spiro atoms. The summed E-state index contributed by atoms with van der Waals surface area (Å²) in [6, 6.07) is 11.7. The first-order valence-electron chi connectivity index (χ1n) is 10.0. The highest BCUT2D eigenvalue weighted by molar-refractivity contribution is 5.84. The Hall–Kier alpha value is -3.47. The summed E-state index contributed by atoms with van der Waals surface area (Å²) >= 11 is 0. The number of nitrogens with one attached hydrogen (secondary N) is 1. The minimum absolute atomic E-state index is 0.0135. The smallest absolute Gasteiger partial charge is 0.196 e. The molecule has 1 aromatic carbocycles. The van der Waals surface area contributed by atoms with Crippen LogP contribution in [0.4, 0.5) is 5.69 Å². The average molecular weight is 399 g/mol. The molecule has 0 aliphatic rings. The predicted molar refractivity (Wildman–Crippen MR) is 121 cm³/mol. The maximum Gasteiger partial charge on any atom is 0.196 e. The molecule has 5 nitrogen and oxygen atoms in total. The highest BCUT2D eigenvalue weighted by atomic mass is 16.3. The number of aromatic nitrogens is 2. The first-order valence-corrected chi connectivity index (χ1v) is 10.0. The molecule has 0 bridgehead atoms. The fourth-order valence-corrected chi connectivity index (χ4v) is 3.81. The molecular formula is C25H25N3O2. The molecule has 0 saturated heterocycles. The minimum atomic E-state index is -0.0804. The Labute approximate surface area is 175 Å². The van der Waals surface area contributed by atoms with Crippen LogP contribution in [0.1, 0.15) is 41.0 Å². The van der Waals surface area contributed by atoms with E-state index in [1.54, 1.807) is 19.3 Å². The number of fused-ring (bicyclic) bond motifs is 1. The van der Waals surface area contributed by atoms with Gasteiger partial charge in [0.15, 0.2) is 5.43 Å². The van der Waals surface area contributed by atoms with Gasteiger partial charge in [-0.25, -0.2) is 0 Å². The first-order chi connectivity index (χ1) is 14.3. The summed E-state index contributed by atoms with van der Waals surface area (Å²) < 4.78 is 6.36. The maximum atomic E-state index is 13.2. The van der Waals surface area contributed by atoms with Gasteiger partial charge in [0.2, 0.25) is 0 Å². The lowest BCUT2D eigenvalue weighted by Crippen LogP contribution is -2.13. The Bertz CT molecular complexity index is 1290. The van der Waals surface area contributed by atoms with Crippen LogP contribution < -0.4 is 10.7 Å². The zero-order valence-corrected chi connectivity index (χ0v) is 17.9. The normalized spacial score (nSPS) is 12.2. The molecule has 0 aliphatic heterocycles. The fraction of sp³-hybridized carbons (Fsp3) is 0.240.